The molecule has 0 bridgehead atoms. The molecule has 1 aromatic rings. The molecule has 2 amide bonds. The zero-order valence-corrected chi connectivity index (χ0v) is 14.7. The van der Waals surface area contributed by atoms with Gasteiger partial charge in [0.25, 0.3) is 5.91 Å². The van der Waals surface area contributed by atoms with Gasteiger partial charge in [0.05, 0.1) is 6.42 Å². The zero-order valence-electron chi connectivity index (χ0n) is 14.7. The van der Waals surface area contributed by atoms with Crippen molar-refractivity contribution in [2.75, 3.05) is 13.1 Å². The van der Waals surface area contributed by atoms with Crippen LogP contribution in [0, 0.1) is 12.8 Å². The Kier molecular flexibility index (Phi) is 7.42. The van der Waals surface area contributed by atoms with Crippen LogP contribution in [0.4, 0.5) is 0 Å². The summed E-state index contributed by atoms with van der Waals surface area (Å²) in [5.41, 5.74) is 1.54. The predicted molar refractivity (Wildman–Crippen MR) is 91.8 cm³/mol. The van der Waals surface area contributed by atoms with Gasteiger partial charge in [0, 0.05) is 18.7 Å². The van der Waals surface area contributed by atoms with Crippen molar-refractivity contribution >= 4 is 17.8 Å². The van der Waals surface area contributed by atoms with Crippen molar-refractivity contribution in [2.24, 2.45) is 5.92 Å². The molecule has 0 aliphatic heterocycles. The summed E-state index contributed by atoms with van der Waals surface area (Å²) in [5.74, 6) is -1.62. The molecule has 0 aromatic heterocycles. The summed E-state index contributed by atoms with van der Waals surface area (Å²) < 4.78 is 0. The van der Waals surface area contributed by atoms with Gasteiger partial charge < -0.3 is 15.3 Å². The fourth-order valence-electron chi connectivity index (χ4n) is 2.29. The number of aliphatic carboxylic acids is 1. The van der Waals surface area contributed by atoms with E-state index >= 15 is 0 Å². The molecule has 1 unspecified atom stereocenters. The number of hydrogen-bond donors (Lipinski definition) is 2. The first-order chi connectivity index (χ1) is 11.3. The standard InChI is InChI=1S/C18H26N2O4/c1-5-20(11-10-15(21)22)18(24)16(12(2)3)19-17(23)14-8-6-13(4)7-9-14/h6-9,12,16H,5,10-11H2,1-4H3,(H,19,23)(H,21,22). The van der Waals surface area contributed by atoms with Gasteiger partial charge >= 0.3 is 5.97 Å². The molecule has 1 aromatic carbocycles. The van der Waals surface area contributed by atoms with Crippen molar-refractivity contribution in [2.45, 2.75) is 40.2 Å². The smallest absolute Gasteiger partial charge is 0.305 e. The second-order valence-corrected chi connectivity index (χ2v) is 6.12. The first kappa shape index (κ1) is 19.7. The van der Waals surface area contributed by atoms with E-state index < -0.39 is 12.0 Å². The molecule has 0 heterocycles. The van der Waals surface area contributed by atoms with Gasteiger partial charge in [0.1, 0.15) is 6.04 Å². The fourth-order valence-corrected chi connectivity index (χ4v) is 2.29. The lowest BCUT2D eigenvalue weighted by Gasteiger charge is -2.28. The summed E-state index contributed by atoms with van der Waals surface area (Å²) in [4.78, 5) is 37.2. The molecule has 0 aliphatic rings. The molecule has 0 spiro atoms. The summed E-state index contributed by atoms with van der Waals surface area (Å²) in [6.45, 7) is 7.96. The topological polar surface area (TPSA) is 86.7 Å². The molecule has 132 valence electrons. The highest BCUT2D eigenvalue weighted by molar-refractivity contribution is 5.97. The summed E-state index contributed by atoms with van der Waals surface area (Å²) in [5, 5.41) is 11.6. The minimum atomic E-state index is -0.953. The average Bonchev–Trinajstić information content (AvgIpc) is 2.52. The van der Waals surface area contributed by atoms with Gasteiger partial charge in [-0.15, -0.1) is 0 Å². The van der Waals surface area contributed by atoms with Crippen LogP contribution in [0.25, 0.3) is 0 Å². The number of nitrogens with one attached hydrogen (secondary N) is 1. The normalized spacial score (nSPS) is 11.9. The molecule has 2 N–H and O–H groups in total. The van der Waals surface area contributed by atoms with Crippen LogP contribution in [0.2, 0.25) is 0 Å². The molecule has 0 saturated heterocycles. The summed E-state index contributed by atoms with van der Waals surface area (Å²) in [7, 11) is 0. The largest absolute Gasteiger partial charge is 0.481 e. The summed E-state index contributed by atoms with van der Waals surface area (Å²) in [6, 6.07) is 6.43. The molecular formula is C18H26N2O4. The highest BCUT2D eigenvalue weighted by Crippen LogP contribution is 2.10. The number of nitrogens with zero attached hydrogens (tertiary/aromatic N) is 1. The van der Waals surface area contributed by atoms with E-state index in [9.17, 15) is 14.4 Å². The van der Waals surface area contributed by atoms with Crippen LogP contribution in [0.1, 0.15) is 43.1 Å². The van der Waals surface area contributed by atoms with Crippen molar-refractivity contribution in [3.63, 3.8) is 0 Å². The molecule has 0 saturated carbocycles. The lowest BCUT2D eigenvalue weighted by molar-refractivity contribution is -0.139. The molecule has 1 atom stereocenters. The quantitative estimate of drug-likeness (QED) is 0.762. The molecule has 6 heteroatoms. The molecule has 1 rings (SSSR count). The van der Waals surface area contributed by atoms with E-state index in [0.29, 0.717) is 12.1 Å². The predicted octanol–water partition coefficient (Wildman–Crippen LogP) is 2.07. The Bertz CT molecular complexity index is 581. The number of carboxylic acid groups (broad SMARTS) is 1. The first-order valence-electron chi connectivity index (χ1n) is 8.14. The number of benzene rings is 1. The summed E-state index contributed by atoms with van der Waals surface area (Å²) >= 11 is 0. The number of amides is 2. The Hall–Kier alpha value is -2.37. The van der Waals surface area contributed by atoms with Crippen molar-refractivity contribution in [3.05, 3.63) is 35.4 Å². The number of carbonyl (C=O) groups is 3. The lowest BCUT2D eigenvalue weighted by Crippen LogP contribution is -2.51. The van der Waals surface area contributed by atoms with E-state index in [-0.39, 0.29) is 30.7 Å². The molecule has 0 fully saturated rings. The SMILES string of the molecule is CCN(CCC(=O)O)C(=O)C(NC(=O)c1ccc(C)cc1)C(C)C. The monoisotopic (exact) mass is 334 g/mol. The van der Waals surface area contributed by atoms with Gasteiger partial charge in [-0.3, -0.25) is 14.4 Å². The Morgan fingerprint density at radius 1 is 1.17 bits per heavy atom. The fraction of sp³-hybridized carbons (Fsp3) is 0.500. The minimum Gasteiger partial charge on any atom is -0.481 e. The van der Waals surface area contributed by atoms with Crippen molar-refractivity contribution in [3.8, 4) is 0 Å². The maximum Gasteiger partial charge on any atom is 0.305 e. The number of likely N-dealkylation sites (N-methyl/N-ethyl adjacent to an activating group) is 1. The maximum atomic E-state index is 12.7. The van der Waals surface area contributed by atoms with E-state index in [1.54, 1.807) is 19.1 Å². The van der Waals surface area contributed by atoms with E-state index in [0.717, 1.165) is 5.56 Å². The van der Waals surface area contributed by atoms with Gasteiger partial charge in [-0.05, 0) is 31.9 Å². The number of rotatable bonds is 8. The maximum absolute atomic E-state index is 12.7. The van der Waals surface area contributed by atoms with Gasteiger partial charge in [-0.1, -0.05) is 31.5 Å². The number of carboxylic acids is 1. The van der Waals surface area contributed by atoms with Gasteiger partial charge in [-0.25, -0.2) is 0 Å². The summed E-state index contributed by atoms with van der Waals surface area (Å²) in [6.07, 6.45) is -0.115. The van der Waals surface area contributed by atoms with Gasteiger partial charge in [0.2, 0.25) is 5.91 Å². The third kappa shape index (κ3) is 5.68. The third-order valence-electron chi connectivity index (χ3n) is 3.82. The van der Waals surface area contributed by atoms with Crippen molar-refractivity contribution in [1.29, 1.82) is 0 Å². The minimum absolute atomic E-state index is 0.106. The molecule has 6 nitrogen and oxygen atoms in total. The van der Waals surface area contributed by atoms with Crippen LogP contribution in [-0.2, 0) is 9.59 Å². The number of hydrogen-bond acceptors (Lipinski definition) is 3. The molecule has 0 aliphatic carbocycles. The van der Waals surface area contributed by atoms with Crippen LogP contribution >= 0.6 is 0 Å². The third-order valence-corrected chi connectivity index (χ3v) is 3.82. The second kappa shape index (κ2) is 9.05. The van der Waals surface area contributed by atoms with Crippen LogP contribution in [0.3, 0.4) is 0 Å². The van der Waals surface area contributed by atoms with Crippen LogP contribution < -0.4 is 5.32 Å². The van der Waals surface area contributed by atoms with Crippen molar-refractivity contribution in [1.82, 2.24) is 10.2 Å². The van der Waals surface area contributed by atoms with E-state index in [1.165, 1.54) is 4.90 Å². The Morgan fingerprint density at radius 3 is 2.21 bits per heavy atom. The van der Waals surface area contributed by atoms with Crippen LogP contribution in [-0.4, -0.2) is 46.9 Å². The van der Waals surface area contributed by atoms with E-state index in [4.69, 9.17) is 5.11 Å². The number of aryl methyl sites for hydroxylation is 1. The van der Waals surface area contributed by atoms with Crippen LogP contribution in [0.5, 0.6) is 0 Å². The lowest BCUT2D eigenvalue weighted by atomic mass is 10.0. The van der Waals surface area contributed by atoms with Gasteiger partial charge in [0.15, 0.2) is 0 Å². The first-order valence-corrected chi connectivity index (χ1v) is 8.14. The van der Waals surface area contributed by atoms with E-state index in [2.05, 4.69) is 5.32 Å². The highest BCUT2D eigenvalue weighted by Gasteiger charge is 2.28. The molecule has 0 radical (unpaired) electrons. The molecule has 24 heavy (non-hydrogen) atoms. The van der Waals surface area contributed by atoms with Crippen LogP contribution in [0.15, 0.2) is 24.3 Å². The Balaban J connectivity index is 2.84. The van der Waals surface area contributed by atoms with Gasteiger partial charge in [-0.2, -0.15) is 0 Å². The van der Waals surface area contributed by atoms with Crippen molar-refractivity contribution < 1.29 is 19.5 Å². The zero-order chi connectivity index (χ0) is 18.3. The highest BCUT2D eigenvalue weighted by atomic mass is 16.4. The Morgan fingerprint density at radius 2 is 1.75 bits per heavy atom. The Labute approximate surface area is 142 Å². The van der Waals surface area contributed by atoms with E-state index in [1.807, 2.05) is 32.9 Å². The second-order valence-electron chi connectivity index (χ2n) is 6.12. The number of carbonyl (C=O) groups excluding carboxylic acids is 2. The average molecular weight is 334 g/mol. The molecular weight excluding hydrogens is 308 g/mol.